The molecule has 3 rings (SSSR count). The van der Waals surface area contributed by atoms with Gasteiger partial charge in [0.15, 0.2) is 11.6 Å². The molecule has 1 aromatic heterocycles. The lowest BCUT2D eigenvalue weighted by atomic mass is 10.2. The van der Waals surface area contributed by atoms with Crippen LogP contribution in [0.2, 0.25) is 0 Å². The first kappa shape index (κ1) is 14.7. The van der Waals surface area contributed by atoms with Crippen molar-refractivity contribution < 1.29 is 9.53 Å². The fourth-order valence-corrected chi connectivity index (χ4v) is 2.54. The minimum atomic E-state index is -0.467. The van der Waals surface area contributed by atoms with E-state index in [1.807, 2.05) is 24.3 Å². The lowest BCUT2D eigenvalue weighted by Gasteiger charge is -2.26. The molecule has 114 valence electrons. The molecule has 0 saturated carbocycles. The molecule has 0 aliphatic carbocycles. The van der Waals surface area contributed by atoms with Gasteiger partial charge in [0.05, 0.1) is 6.61 Å². The van der Waals surface area contributed by atoms with E-state index in [-0.39, 0.29) is 12.5 Å². The smallest absolute Gasteiger partial charge is 0.249 e. The quantitative estimate of drug-likeness (QED) is 0.772. The second kappa shape index (κ2) is 6.29. The summed E-state index contributed by atoms with van der Waals surface area (Å²) in [6, 6.07) is 7.20. The number of aromatic nitrogens is 2. The Hall–Kier alpha value is -2.19. The van der Waals surface area contributed by atoms with Crippen LogP contribution in [-0.4, -0.2) is 35.6 Å². The number of nitrogens with zero attached hydrogens (tertiary/aromatic N) is 2. The third-order valence-corrected chi connectivity index (χ3v) is 3.64. The predicted molar refractivity (Wildman–Crippen MR) is 87.4 cm³/mol. The van der Waals surface area contributed by atoms with Crippen LogP contribution in [0.15, 0.2) is 35.1 Å². The second-order valence-electron chi connectivity index (χ2n) is 4.72. The average molecular weight is 364 g/mol. The van der Waals surface area contributed by atoms with E-state index in [0.29, 0.717) is 17.3 Å². The summed E-state index contributed by atoms with van der Waals surface area (Å²) in [6.07, 6.45) is 1.44. The number of carbonyl (C=O) groups is 1. The highest BCUT2D eigenvalue weighted by Gasteiger charge is 2.28. The number of nitrogens with one attached hydrogen (secondary N) is 3. The van der Waals surface area contributed by atoms with E-state index in [4.69, 9.17) is 4.74 Å². The Labute approximate surface area is 135 Å². The standard InChI is InChI=1S/C14H14BrN5O2/c1-22-6-10-14(21)20-11-12(16-7-17-13(11)19-10)18-9-4-2-3-8(15)5-9/h2-5,7,10H,6H2,1H3,(H,20,21)(H2,16,17,18,19)/t10-/m0/s1. The van der Waals surface area contributed by atoms with Crippen molar-refractivity contribution in [2.24, 2.45) is 0 Å². The number of benzene rings is 1. The van der Waals surface area contributed by atoms with Crippen molar-refractivity contribution in [2.45, 2.75) is 6.04 Å². The molecule has 0 radical (unpaired) electrons. The van der Waals surface area contributed by atoms with Gasteiger partial charge in [-0.3, -0.25) is 4.79 Å². The van der Waals surface area contributed by atoms with E-state index in [1.165, 1.54) is 6.33 Å². The first-order valence-electron chi connectivity index (χ1n) is 6.61. The number of hydrogen-bond acceptors (Lipinski definition) is 6. The normalized spacial score (nSPS) is 16.5. The Morgan fingerprint density at radius 2 is 2.27 bits per heavy atom. The zero-order valence-corrected chi connectivity index (χ0v) is 13.3. The number of fused-ring (bicyclic) bond motifs is 1. The van der Waals surface area contributed by atoms with E-state index in [1.54, 1.807) is 7.11 Å². The maximum absolute atomic E-state index is 12.1. The zero-order chi connectivity index (χ0) is 15.5. The summed E-state index contributed by atoms with van der Waals surface area (Å²) >= 11 is 3.42. The molecule has 22 heavy (non-hydrogen) atoms. The Morgan fingerprint density at radius 3 is 3.05 bits per heavy atom. The van der Waals surface area contributed by atoms with Crippen molar-refractivity contribution >= 4 is 44.8 Å². The monoisotopic (exact) mass is 363 g/mol. The highest BCUT2D eigenvalue weighted by atomic mass is 79.9. The summed E-state index contributed by atoms with van der Waals surface area (Å²) in [5.41, 5.74) is 1.38. The van der Waals surface area contributed by atoms with Crippen LogP contribution in [0, 0.1) is 0 Å². The van der Waals surface area contributed by atoms with E-state index >= 15 is 0 Å². The number of hydrogen-bond donors (Lipinski definition) is 3. The molecule has 0 unspecified atom stereocenters. The van der Waals surface area contributed by atoms with E-state index < -0.39 is 6.04 Å². The van der Waals surface area contributed by atoms with Gasteiger partial charge in [0, 0.05) is 17.3 Å². The maximum atomic E-state index is 12.1. The molecule has 7 nitrogen and oxygen atoms in total. The molecular formula is C14H14BrN5O2. The molecule has 1 atom stereocenters. The van der Waals surface area contributed by atoms with Crippen LogP contribution >= 0.6 is 15.9 Å². The molecule has 0 fully saturated rings. The average Bonchev–Trinajstić information content (AvgIpc) is 2.49. The number of ether oxygens (including phenoxy) is 1. The molecule has 3 N–H and O–H groups in total. The number of halogens is 1. The van der Waals surface area contributed by atoms with Crippen LogP contribution in [-0.2, 0) is 9.53 Å². The van der Waals surface area contributed by atoms with Crippen LogP contribution < -0.4 is 16.0 Å². The van der Waals surface area contributed by atoms with Gasteiger partial charge >= 0.3 is 0 Å². The number of carbonyl (C=O) groups excluding carboxylic acids is 1. The van der Waals surface area contributed by atoms with Gasteiger partial charge in [-0.15, -0.1) is 0 Å². The van der Waals surface area contributed by atoms with Crippen molar-refractivity contribution in [3.63, 3.8) is 0 Å². The Kier molecular flexibility index (Phi) is 4.21. The van der Waals surface area contributed by atoms with Crippen LogP contribution in [0.5, 0.6) is 0 Å². The van der Waals surface area contributed by atoms with Gasteiger partial charge in [-0.1, -0.05) is 22.0 Å². The summed E-state index contributed by atoms with van der Waals surface area (Å²) in [5.74, 6) is 0.912. The maximum Gasteiger partial charge on any atom is 0.249 e. The Morgan fingerprint density at radius 1 is 1.41 bits per heavy atom. The van der Waals surface area contributed by atoms with Crippen molar-refractivity contribution in [3.8, 4) is 0 Å². The van der Waals surface area contributed by atoms with Gasteiger partial charge in [0.25, 0.3) is 0 Å². The highest BCUT2D eigenvalue weighted by molar-refractivity contribution is 9.10. The summed E-state index contributed by atoms with van der Waals surface area (Å²) < 4.78 is 5.97. The molecule has 1 aliphatic heterocycles. The summed E-state index contributed by atoms with van der Waals surface area (Å²) in [7, 11) is 1.55. The van der Waals surface area contributed by atoms with Gasteiger partial charge in [0.1, 0.15) is 18.1 Å². The molecule has 0 bridgehead atoms. The SMILES string of the molecule is COC[C@@H]1Nc2ncnc(Nc3cccc(Br)c3)c2NC1=O. The third-order valence-electron chi connectivity index (χ3n) is 3.14. The van der Waals surface area contributed by atoms with Crippen molar-refractivity contribution in [2.75, 3.05) is 29.7 Å². The first-order valence-corrected chi connectivity index (χ1v) is 7.40. The number of anilines is 4. The van der Waals surface area contributed by atoms with Gasteiger partial charge in [-0.25, -0.2) is 9.97 Å². The molecule has 2 aromatic rings. The lowest BCUT2D eigenvalue weighted by molar-refractivity contribution is -0.118. The summed E-state index contributed by atoms with van der Waals surface area (Å²) in [4.78, 5) is 20.4. The number of rotatable bonds is 4. The minimum Gasteiger partial charge on any atom is -0.382 e. The Bertz CT molecular complexity index is 709. The van der Waals surface area contributed by atoms with E-state index in [2.05, 4.69) is 41.8 Å². The van der Waals surface area contributed by atoms with Gasteiger partial charge in [-0.2, -0.15) is 0 Å². The van der Waals surface area contributed by atoms with Crippen LogP contribution in [0.25, 0.3) is 0 Å². The predicted octanol–water partition coefficient (Wildman–Crippen LogP) is 2.36. The third kappa shape index (κ3) is 3.02. The molecule has 1 aliphatic rings. The molecule has 1 amide bonds. The van der Waals surface area contributed by atoms with Gasteiger partial charge < -0.3 is 20.7 Å². The molecule has 8 heteroatoms. The second-order valence-corrected chi connectivity index (χ2v) is 5.64. The summed E-state index contributed by atoms with van der Waals surface area (Å²) in [6.45, 7) is 0.268. The van der Waals surface area contributed by atoms with Crippen LogP contribution in [0.3, 0.4) is 0 Å². The fraction of sp³-hybridized carbons (Fsp3) is 0.214. The lowest BCUT2D eigenvalue weighted by Crippen LogP contribution is -2.42. The molecular weight excluding hydrogens is 350 g/mol. The first-order chi connectivity index (χ1) is 10.7. The molecule has 2 heterocycles. The largest absolute Gasteiger partial charge is 0.382 e. The fourth-order valence-electron chi connectivity index (χ4n) is 2.14. The number of methoxy groups -OCH3 is 1. The van der Waals surface area contributed by atoms with Gasteiger partial charge in [-0.05, 0) is 18.2 Å². The van der Waals surface area contributed by atoms with Gasteiger partial charge in [0.2, 0.25) is 5.91 Å². The topological polar surface area (TPSA) is 88.2 Å². The molecule has 0 spiro atoms. The molecule has 0 saturated heterocycles. The minimum absolute atomic E-state index is 0.179. The van der Waals surface area contributed by atoms with Crippen molar-refractivity contribution in [1.29, 1.82) is 0 Å². The zero-order valence-electron chi connectivity index (χ0n) is 11.8. The van der Waals surface area contributed by atoms with E-state index in [9.17, 15) is 4.79 Å². The highest BCUT2D eigenvalue weighted by Crippen LogP contribution is 2.32. The number of amides is 1. The Balaban J connectivity index is 1.89. The van der Waals surface area contributed by atoms with Crippen LogP contribution in [0.1, 0.15) is 0 Å². The van der Waals surface area contributed by atoms with Crippen molar-refractivity contribution in [3.05, 3.63) is 35.1 Å². The van der Waals surface area contributed by atoms with Crippen LogP contribution in [0.4, 0.5) is 23.0 Å². The van der Waals surface area contributed by atoms with Crippen molar-refractivity contribution in [1.82, 2.24) is 9.97 Å². The molecule has 1 aromatic carbocycles. The van der Waals surface area contributed by atoms with E-state index in [0.717, 1.165) is 10.2 Å². The summed E-state index contributed by atoms with van der Waals surface area (Å²) in [5, 5.41) is 9.04.